The van der Waals surface area contributed by atoms with Gasteiger partial charge in [-0.15, -0.1) is 23.1 Å². The molecule has 0 saturated heterocycles. The molecule has 0 saturated carbocycles. The summed E-state index contributed by atoms with van der Waals surface area (Å²) in [6, 6.07) is 5.81. The van der Waals surface area contributed by atoms with Crippen molar-refractivity contribution < 1.29 is 9.59 Å². The number of rotatable bonds is 6. The summed E-state index contributed by atoms with van der Waals surface area (Å²) >= 11 is 6.94. The summed E-state index contributed by atoms with van der Waals surface area (Å²) in [5.41, 5.74) is 4.05. The van der Waals surface area contributed by atoms with Gasteiger partial charge < -0.3 is 10.6 Å². The van der Waals surface area contributed by atoms with E-state index in [0.717, 1.165) is 45.6 Å². The number of halogens is 1. The summed E-state index contributed by atoms with van der Waals surface area (Å²) in [5, 5.41) is 6.41. The van der Waals surface area contributed by atoms with Gasteiger partial charge in [0, 0.05) is 50.4 Å². The van der Waals surface area contributed by atoms with Crippen molar-refractivity contribution in [3.63, 3.8) is 0 Å². The van der Waals surface area contributed by atoms with Gasteiger partial charge in [0.05, 0.1) is 4.21 Å². The summed E-state index contributed by atoms with van der Waals surface area (Å²) in [7, 11) is 0. The minimum absolute atomic E-state index is 0.112. The zero-order valence-electron chi connectivity index (χ0n) is 20.2. The molecule has 8 heteroatoms. The number of aryl methyl sites for hydroxylation is 1. The van der Waals surface area contributed by atoms with Gasteiger partial charge >= 0.3 is 0 Å². The summed E-state index contributed by atoms with van der Waals surface area (Å²) in [6.45, 7) is 10.5. The van der Waals surface area contributed by atoms with Crippen molar-refractivity contribution in [1.82, 2.24) is 10.3 Å². The van der Waals surface area contributed by atoms with Crippen LogP contribution in [0.4, 0.5) is 5.82 Å². The number of carbonyl (C=O) groups is 2. The summed E-state index contributed by atoms with van der Waals surface area (Å²) in [5.74, 6) is 0.916. The van der Waals surface area contributed by atoms with Crippen molar-refractivity contribution in [3.05, 3.63) is 61.8 Å². The van der Waals surface area contributed by atoms with Crippen molar-refractivity contribution in [3.8, 4) is 0 Å². The van der Waals surface area contributed by atoms with E-state index in [9.17, 15) is 9.59 Å². The first kappa shape index (κ1) is 25.2. The van der Waals surface area contributed by atoms with E-state index >= 15 is 0 Å². The standard InChI is InChI=1S/C26H30BrN3O2S2/c1-6-16-10-17(25(34-16)33-7-2)22-21(24(32)30-20-9-8-15(27)13-28-20)14(3)29-18-11-26(4,5)12-19(31)23(18)22/h8-10,13,22,29H,6-7,11-12H2,1-5H3,(H,28,30,32)/t22-/m1/s1. The molecule has 0 spiro atoms. The number of amides is 1. The normalized spacial score (nSPS) is 19.7. The average Bonchev–Trinajstić information content (AvgIpc) is 3.16. The van der Waals surface area contributed by atoms with Gasteiger partial charge in [0.25, 0.3) is 5.91 Å². The van der Waals surface area contributed by atoms with Gasteiger partial charge in [0.2, 0.25) is 0 Å². The molecule has 0 radical (unpaired) electrons. The van der Waals surface area contributed by atoms with Gasteiger partial charge in [-0.1, -0.05) is 27.7 Å². The number of carbonyl (C=O) groups excluding carboxylic acids is 2. The molecule has 180 valence electrons. The smallest absolute Gasteiger partial charge is 0.255 e. The fourth-order valence-electron chi connectivity index (χ4n) is 4.74. The van der Waals surface area contributed by atoms with Crippen LogP contribution in [0, 0.1) is 5.41 Å². The Morgan fingerprint density at radius 1 is 1.32 bits per heavy atom. The van der Waals surface area contributed by atoms with E-state index in [0.29, 0.717) is 17.8 Å². The number of ketones is 1. The topological polar surface area (TPSA) is 71.1 Å². The lowest BCUT2D eigenvalue weighted by Crippen LogP contribution is -2.39. The number of nitrogens with zero attached hydrogens (tertiary/aromatic N) is 1. The van der Waals surface area contributed by atoms with E-state index in [2.05, 4.69) is 65.3 Å². The number of Topliss-reactive ketones (excluding diaryl/α,β-unsaturated/α-hetero) is 1. The van der Waals surface area contributed by atoms with E-state index in [1.807, 2.05) is 13.0 Å². The molecule has 0 aromatic carbocycles. The third kappa shape index (κ3) is 5.04. The predicted molar refractivity (Wildman–Crippen MR) is 144 cm³/mol. The highest BCUT2D eigenvalue weighted by Gasteiger charge is 2.43. The molecule has 34 heavy (non-hydrogen) atoms. The summed E-state index contributed by atoms with van der Waals surface area (Å²) in [4.78, 5) is 32.9. The van der Waals surface area contributed by atoms with Crippen LogP contribution in [-0.4, -0.2) is 22.4 Å². The Balaban J connectivity index is 1.85. The maximum atomic E-state index is 13.7. The molecule has 0 bridgehead atoms. The Labute approximate surface area is 218 Å². The Morgan fingerprint density at radius 2 is 2.09 bits per heavy atom. The number of allylic oxidation sites excluding steroid dienone is 3. The molecule has 2 N–H and O–H groups in total. The largest absolute Gasteiger partial charge is 0.362 e. The SMILES string of the molecule is CCSc1sc(CC)cc1[C@@H]1C(C(=O)Nc2ccc(Br)cn2)=C(C)NC2=C1C(=O)CC(C)(C)C2. The van der Waals surface area contributed by atoms with Crippen LogP contribution in [0.3, 0.4) is 0 Å². The zero-order valence-corrected chi connectivity index (χ0v) is 23.4. The Kier molecular flexibility index (Phi) is 7.41. The van der Waals surface area contributed by atoms with Crippen LogP contribution in [0.15, 0.2) is 55.6 Å². The second kappa shape index (κ2) is 9.99. The molecular formula is C26H30BrN3O2S2. The van der Waals surface area contributed by atoms with E-state index in [4.69, 9.17) is 0 Å². The van der Waals surface area contributed by atoms with Crippen LogP contribution < -0.4 is 10.6 Å². The van der Waals surface area contributed by atoms with Crippen LogP contribution in [-0.2, 0) is 16.0 Å². The van der Waals surface area contributed by atoms with Gasteiger partial charge in [-0.3, -0.25) is 9.59 Å². The number of hydrogen-bond acceptors (Lipinski definition) is 6. The first-order chi connectivity index (χ1) is 16.1. The highest BCUT2D eigenvalue weighted by atomic mass is 79.9. The molecule has 1 aliphatic heterocycles. The molecule has 2 aromatic heterocycles. The third-order valence-corrected chi connectivity index (χ3v) is 9.11. The van der Waals surface area contributed by atoms with Crippen LogP contribution in [0.5, 0.6) is 0 Å². The van der Waals surface area contributed by atoms with Crippen LogP contribution >= 0.6 is 39.0 Å². The van der Waals surface area contributed by atoms with Crippen molar-refractivity contribution in [1.29, 1.82) is 0 Å². The summed E-state index contributed by atoms with van der Waals surface area (Å²) < 4.78 is 2.03. The molecule has 4 rings (SSSR count). The molecule has 5 nitrogen and oxygen atoms in total. The van der Waals surface area contributed by atoms with E-state index in [1.165, 1.54) is 9.09 Å². The maximum Gasteiger partial charge on any atom is 0.255 e. The van der Waals surface area contributed by atoms with Crippen LogP contribution in [0.1, 0.15) is 63.8 Å². The number of dihydropyridines is 1. The molecule has 0 unspecified atom stereocenters. The quantitative estimate of drug-likeness (QED) is 0.380. The first-order valence-electron chi connectivity index (χ1n) is 11.6. The zero-order chi connectivity index (χ0) is 24.6. The molecule has 2 aliphatic rings. The lowest BCUT2D eigenvalue weighted by Gasteiger charge is -2.39. The van der Waals surface area contributed by atoms with Crippen LogP contribution in [0.25, 0.3) is 0 Å². The van der Waals surface area contributed by atoms with Gasteiger partial charge in [-0.05, 0) is 70.6 Å². The molecule has 0 fully saturated rings. The van der Waals surface area contributed by atoms with Gasteiger partial charge in [-0.25, -0.2) is 4.98 Å². The van der Waals surface area contributed by atoms with Crippen molar-refractivity contribution >= 4 is 56.5 Å². The fourth-order valence-corrected chi connectivity index (χ4v) is 7.35. The number of anilines is 1. The Morgan fingerprint density at radius 3 is 2.74 bits per heavy atom. The fraction of sp³-hybridized carbons (Fsp3) is 0.423. The lowest BCUT2D eigenvalue weighted by atomic mass is 9.69. The molecule has 1 atom stereocenters. The van der Waals surface area contributed by atoms with E-state index < -0.39 is 0 Å². The van der Waals surface area contributed by atoms with Crippen LogP contribution in [0.2, 0.25) is 0 Å². The minimum Gasteiger partial charge on any atom is -0.362 e. The lowest BCUT2D eigenvalue weighted by molar-refractivity contribution is -0.118. The monoisotopic (exact) mass is 559 g/mol. The van der Waals surface area contributed by atoms with Crippen molar-refractivity contribution in [2.75, 3.05) is 11.1 Å². The van der Waals surface area contributed by atoms with Gasteiger partial charge in [0.15, 0.2) is 5.78 Å². The number of nitrogens with one attached hydrogen (secondary N) is 2. The third-order valence-electron chi connectivity index (χ3n) is 6.16. The maximum absolute atomic E-state index is 13.7. The molecule has 3 heterocycles. The number of thioether (sulfide) groups is 1. The first-order valence-corrected chi connectivity index (χ1v) is 14.1. The second-order valence-corrected chi connectivity index (χ2v) is 13.1. The highest BCUT2D eigenvalue weighted by Crippen LogP contribution is 2.50. The number of pyridine rings is 1. The predicted octanol–water partition coefficient (Wildman–Crippen LogP) is 6.82. The molecule has 1 amide bonds. The minimum atomic E-state index is -0.388. The van der Waals surface area contributed by atoms with Gasteiger partial charge in [0.1, 0.15) is 5.82 Å². The second-order valence-electron chi connectivity index (χ2n) is 9.49. The molecule has 2 aromatic rings. The van der Waals surface area contributed by atoms with Crippen molar-refractivity contribution in [2.24, 2.45) is 5.41 Å². The molecule has 1 aliphatic carbocycles. The van der Waals surface area contributed by atoms with Crippen molar-refractivity contribution in [2.45, 2.75) is 64.0 Å². The van der Waals surface area contributed by atoms with Gasteiger partial charge in [-0.2, -0.15) is 0 Å². The Hall–Kier alpha value is -1.90. The number of thiophene rings is 1. The average molecular weight is 561 g/mol. The van der Waals surface area contributed by atoms with E-state index in [1.54, 1.807) is 35.4 Å². The number of aromatic nitrogens is 1. The Bertz CT molecular complexity index is 1200. The highest BCUT2D eigenvalue weighted by molar-refractivity contribution is 9.10. The summed E-state index contributed by atoms with van der Waals surface area (Å²) in [6.07, 6.45) is 3.84. The molecular weight excluding hydrogens is 530 g/mol. The number of hydrogen-bond donors (Lipinski definition) is 2. The van der Waals surface area contributed by atoms with E-state index in [-0.39, 0.29) is 23.0 Å².